The summed E-state index contributed by atoms with van der Waals surface area (Å²) in [4.78, 5) is 16.7. The third kappa shape index (κ3) is 4.18. The van der Waals surface area contributed by atoms with E-state index < -0.39 is 0 Å². The van der Waals surface area contributed by atoms with Crippen molar-refractivity contribution in [2.45, 2.75) is 11.7 Å². The van der Waals surface area contributed by atoms with E-state index in [4.69, 9.17) is 0 Å². The average Bonchev–Trinajstić information content (AvgIpc) is 3.16. The highest BCUT2D eigenvalue weighted by Gasteiger charge is 2.16. The Balaban J connectivity index is 1.61. The van der Waals surface area contributed by atoms with Crippen molar-refractivity contribution in [2.75, 3.05) is 5.75 Å². The van der Waals surface area contributed by atoms with Crippen molar-refractivity contribution < 1.29 is 4.79 Å². The molecule has 0 aliphatic carbocycles. The van der Waals surface area contributed by atoms with Gasteiger partial charge in [0.15, 0.2) is 16.8 Å². The van der Waals surface area contributed by atoms with Crippen LogP contribution >= 0.6 is 11.8 Å². The van der Waals surface area contributed by atoms with Gasteiger partial charge in [-0.3, -0.25) is 14.3 Å². The van der Waals surface area contributed by atoms with Crippen molar-refractivity contribution in [1.82, 2.24) is 19.7 Å². The highest BCUT2D eigenvalue weighted by molar-refractivity contribution is 7.99. The predicted molar refractivity (Wildman–Crippen MR) is 110 cm³/mol. The van der Waals surface area contributed by atoms with Gasteiger partial charge in [-0.1, -0.05) is 72.4 Å². The number of pyridine rings is 1. The van der Waals surface area contributed by atoms with Gasteiger partial charge in [0, 0.05) is 23.5 Å². The molecule has 0 aliphatic rings. The molecular formula is C22H18N4OS. The number of ketones is 1. The number of Topliss-reactive ketones (excluding diaryl/α,β-unsaturated/α-hetero) is 1. The molecule has 0 amide bonds. The van der Waals surface area contributed by atoms with E-state index in [1.54, 1.807) is 12.4 Å². The Bertz CT molecular complexity index is 1050. The predicted octanol–water partition coefficient (Wildman–Crippen LogP) is 4.36. The third-order valence-electron chi connectivity index (χ3n) is 4.25. The van der Waals surface area contributed by atoms with E-state index in [0.717, 1.165) is 17.0 Å². The zero-order chi connectivity index (χ0) is 19.2. The normalized spacial score (nSPS) is 10.7. The number of hydrogen-bond donors (Lipinski definition) is 0. The molecule has 0 aliphatic heterocycles. The fourth-order valence-corrected chi connectivity index (χ4v) is 3.68. The van der Waals surface area contributed by atoms with Gasteiger partial charge in [0.25, 0.3) is 0 Å². The van der Waals surface area contributed by atoms with Gasteiger partial charge in [-0.15, -0.1) is 10.2 Å². The van der Waals surface area contributed by atoms with Crippen LogP contribution in [0.15, 0.2) is 90.3 Å². The lowest BCUT2D eigenvalue weighted by molar-refractivity contribution is 0.102. The molecule has 6 heteroatoms. The maximum Gasteiger partial charge on any atom is 0.192 e. The quantitative estimate of drug-likeness (QED) is 0.349. The van der Waals surface area contributed by atoms with Crippen molar-refractivity contribution in [2.24, 2.45) is 0 Å². The van der Waals surface area contributed by atoms with E-state index in [0.29, 0.717) is 23.0 Å². The zero-order valence-electron chi connectivity index (χ0n) is 15.1. The van der Waals surface area contributed by atoms with Crippen molar-refractivity contribution in [1.29, 1.82) is 0 Å². The molecule has 0 bridgehead atoms. The SMILES string of the molecule is O=C(CSc1nnc(-c2cccnc2)n1Cc1ccccc1)c1ccccc1. The second-order valence-corrected chi connectivity index (χ2v) is 7.14. The molecule has 4 rings (SSSR count). The van der Waals surface area contributed by atoms with Gasteiger partial charge in [0.1, 0.15) is 0 Å². The van der Waals surface area contributed by atoms with Crippen molar-refractivity contribution >= 4 is 17.5 Å². The molecule has 0 saturated carbocycles. The van der Waals surface area contributed by atoms with Crippen molar-refractivity contribution in [3.8, 4) is 11.4 Å². The minimum absolute atomic E-state index is 0.0720. The topological polar surface area (TPSA) is 60.7 Å². The van der Waals surface area contributed by atoms with Crippen LogP contribution in [0.1, 0.15) is 15.9 Å². The maximum absolute atomic E-state index is 12.5. The Morgan fingerprint density at radius 1 is 0.893 bits per heavy atom. The Morgan fingerprint density at radius 2 is 1.64 bits per heavy atom. The van der Waals surface area contributed by atoms with E-state index in [-0.39, 0.29) is 5.78 Å². The number of nitrogens with zero attached hydrogens (tertiary/aromatic N) is 4. The second-order valence-electron chi connectivity index (χ2n) is 6.20. The molecule has 4 aromatic rings. The number of benzene rings is 2. The fourth-order valence-electron chi connectivity index (χ4n) is 2.85. The maximum atomic E-state index is 12.5. The van der Waals surface area contributed by atoms with Crippen LogP contribution in [0.25, 0.3) is 11.4 Å². The number of aromatic nitrogens is 4. The molecule has 0 radical (unpaired) electrons. The molecule has 2 aromatic carbocycles. The van der Waals surface area contributed by atoms with E-state index in [9.17, 15) is 4.79 Å². The van der Waals surface area contributed by atoms with Crippen LogP contribution in [-0.4, -0.2) is 31.3 Å². The number of thioether (sulfide) groups is 1. The summed E-state index contributed by atoms with van der Waals surface area (Å²) in [6.45, 7) is 0.625. The number of rotatable bonds is 7. The van der Waals surface area contributed by atoms with Gasteiger partial charge < -0.3 is 0 Å². The smallest absolute Gasteiger partial charge is 0.192 e. The first-order chi connectivity index (χ1) is 13.8. The van der Waals surface area contributed by atoms with Crippen molar-refractivity contribution in [3.05, 3.63) is 96.3 Å². The molecule has 0 spiro atoms. The average molecular weight is 386 g/mol. The van der Waals surface area contributed by atoms with Crippen LogP contribution < -0.4 is 0 Å². The summed E-state index contributed by atoms with van der Waals surface area (Å²) < 4.78 is 2.04. The van der Waals surface area contributed by atoms with Gasteiger partial charge in [0.2, 0.25) is 0 Å². The lowest BCUT2D eigenvalue weighted by Crippen LogP contribution is -2.07. The summed E-state index contributed by atoms with van der Waals surface area (Å²) in [6.07, 6.45) is 3.50. The van der Waals surface area contributed by atoms with Crippen LogP contribution in [0.3, 0.4) is 0 Å². The monoisotopic (exact) mass is 386 g/mol. The van der Waals surface area contributed by atoms with E-state index >= 15 is 0 Å². The Hall–Kier alpha value is -3.25. The molecular weight excluding hydrogens is 368 g/mol. The lowest BCUT2D eigenvalue weighted by Gasteiger charge is -2.10. The summed E-state index contributed by atoms with van der Waals surface area (Å²) in [5.74, 6) is 1.12. The number of hydrogen-bond acceptors (Lipinski definition) is 5. The first-order valence-electron chi connectivity index (χ1n) is 8.90. The molecule has 5 nitrogen and oxygen atoms in total. The van der Waals surface area contributed by atoms with Crippen LogP contribution in [0.5, 0.6) is 0 Å². The fraction of sp³-hybridized carbons (Fsp3) is 0.0909. The minimum Gasteiger partial charge on any atom is -0.297 e. The van der Waals surface area contributed by atoms with Crippen LogP contribution in [0, 0.1) is 0 Å². The molecule has 2 heterocycles. The zero-order valence-corrected chi connectivity index (χ0v) is 15.9. The van der Waals surface area contributed by atoms with Crippen LogP contribution in [0.2, 0.25) is 0 Å². The van der Waals surface area contributed by atoms with E-state index in [1.807, 2.05) is 65.2 Å². The summed E-state index contributed by atoms with van der Waals surface area (Å²) in [5, 5.41) is 9.44. The molecule has 0 fully saturated rings. The first kappa shape index (κ1) is 18.1. The van der Waals surface area contributed by atoms with Gasteiger partial charge in [-0.2, -0.15) is 0 Å². The molecule has 0 saturated heterocycles. The molecule has 28 heavy (non-hydrogen) atoms. The summed E-state index contributed by atoms with van der Waals surface area (Å²) in [7, 11) is 0. The molecule has 0 unspecified atom stereocenters. The van der Waals surface area contributed by atoms with Gasteiger partial charge in [-0.05, 0) is 17.7 Å². The van der Waals surface area contributed by atoms with Gasteiger partial charge >= 0.3 is 0 Å². The summed E-state index contributed by atoms with van der Waals surface area (Å²) >= 11 is 1.40. The Labute approximate surface area is 167 Å². The standard InChI is InChI=1S/C22H18N4OS/c27-20(18-10-5-2-6-11-18)16-28-22-25-24-21(19-12-7-13-23-14-19)26(22)15-17-8-3-1-4-9-17/h1-14H,15-16H2. The summed E-state index contributed by atoms with van der Waals surface area (Å²) in [6, 6.07) is 23.3. The van der Waals surface area contributed by atoms with Gasteiger partial charge in [0.05, 0.1) is 12.3 Å². The highest BCUT2D eigenvalue weighted by Crippen LogP contribution is 2.25. The Morgan fingerprint density at radius 3 is 2.36 bits per heavy atom. The third-order valence-corrected chi connectivity index (χ3v) is 5.21. The molecule has 0 atom stereocenters. The number of carbonyl (C=O) groups excluding carboxylic acids is 1. The van der Waals surface area contributed by atoms with Gasteiger partial charge in [-0.25, -0.2) is 0 Å². The molecule has 2 aromatic heterocycles. The summed E-state index contributed by atoms with van der Waals surface area (Å²) in [5.41, 5.74) is 2.74. The largest absolute Gasteiger partial charge is 0.297 e. The molecule has 138 valence electrons. The highest BCUT2D eigenvalue weighted by atomic mass is 32.2. The van der Waals surface area contributed by atoms with Crippen LogP contribution in [-0.2, 0) is 6.54 Å². The van der Waals surface area contributed by atoms with Crippen LogP contribution in [0.4, 0.5) is 0 Å². The van der Waals surface area contributed by atoms with Crippen molar-refractivity contribution in [3.63, 3.8) is 0 Å². The Kier molecular flexibility index (Phi) is 5.58. The second kappa shape index (κ2) is 8.63. The van der Waals surface area contributed by atoms with E-state index in [2.05, 4.69) is 27.3 Å². The number of carbonyl (C=O) groups is 1. The van der Waals surface area contributed by atoms with E-state index in [1.165, 1.54) is 11.8 Å². The first-order valence-corrected chi connectivity index (χ1v) is 9.88. The minimum atomic E-state index is 0.0720. The lowest BCUT2D eigenvalue weighted by atomic mass is 10.2. The molecule has 0 N–H and O–H groups in total.